The predicted octanol–water partition coefficient (Wildman–Crippen LogP) is 11.9. The average molecular weight is 1100 g/mol. The number of aliphatic hydroxyl groups is 2. The summed E-state index contributed by atoms with van der Waals surface area (Å²) in [5.74, 6) is -3.97. The number of pyridine rings is 2. The third-order valence-electron chi connectivity index (χ3n) is 15.9. The molecule has 0 amide bonds. The Hall–Kier alpha value is -7.52. The molecule has 0 bridgehead atoms. The first-order chi connectivity index (χ1) is 38.1. The van der Waals surface area contributed by atoms with Gasteiger partial charge in [0.2, 0.25) is 0 Å². The van der Waals surface area contributed by atoms with Crippen LogP contribution in [0.5, 0.6) is 0 Å². The summed E-state index contributed by atoms with van der Waals surface area (Å²) in [6.07, 6.45) is 5.84. The van der Waals surface area contributed by atoms with Gasteiger partial charge in [0.15, 0.2) is 0 Å². The number of nitrogens with zero attached hydrogens (tertiary/aromatic N) is 10. The van der Waals surface area contributed by atoms with Crippen molar-refractivity contribution in [3.63, 3.8) is 0 Å². The summed E-state index contributed by atoms with van der Waals surface area (Å²) in [5, 5.41) is 38.7. The van der Waals surface area contributed by atoms with E-state index in [4.69, 9.17) is 19.4 Å². The molecule has 12 rings (SSSR count). The van der Waals surface area contributed by atoms with Crippen molar-refractivity contribution in [1.82, 2.24) is 49.1 Å². The molecule has 2 aliphatic heterocycles. The summed E-state index contributed by atoms with van der Waals surface area (Å²) in [4.78, 5) is 9.42. The third-order valence-corrected chi connectivity index (χ3v) is 15.9. The third kappa shape index (κ3) is 9.78. The van der Waals surface area contributed by atoms with Gasteiger partial charge in [0.05, 0.1) is 89.9 Å². The normalized spacial score (nSPS) is 15.8. The lowest BCUT2D eigenvalue weighted by molar-refractivity contribution is 0.0547. The Labute approximate surface area is 456 Å². The Balaban J connectivity index is 0.000000169. The maximum Gasteiger partial charge on any atom is 0.135 e. The van der Waals surface area contributed by atoms with Crippen LogP contribution in [0.15, 0.2) is 85.2 Å². The van der Waals surface area contributed by atoms with Gasteiger partial charge < -0.3 is 28.8 Å². The van der Waals surface area contributed by atoms with E-state index in [9.17, 15) is 19.0 Å². The lowest BCUT2D eigenvalue weighted by Crippen LogP contribution is -2.27. The highest BCUT2D eigenvalue weighted by Crippen LogP contribution is 2.46. The van der Waals surface area contributed by atoms with Gasteiger partial charge in [-0.2, -0.15) is 0 Å². The van der Waals surface area contributed by atoms with Gasteiger partial charge >= 0.3 is 0 Å². The maximum absolute atomic E-state index is 15.9. The van der Waals surface area contributed by atoms with Crippen LogP contribution >= 0.6 is 0 Å². The summed E-state index contributed by atoms with van der Waals surface area (Å²) < 4.78 is 109. The van der Waals surface area contributed by atoms with Crippen LogP contribution < -0.4 is 0 Å². The molecule has 8 heterocycles. The van der Waals surface area contributed by atoms with Gasteiger partial charge in [-0.25, -0.2) is 35.7 Å². The van der Waals surface area contributed by atoms with E-state index in [0.717, 1.165) is 34.6 Å². The van der Waals surface area contributed by atoms with Crippen LogP contribution in [-0.2, 0) is 34.8 Å². The van der Waals surface area contributed by atoms with Crippen LogP contribution in [0.1, 0.15) is 99.1 Å². The van der Waals surface area contributed by atoms with Crippen molar-refractivity contribution < 1.29 is 46.0 Å². The number of fused-ring (bicyclic) bond motifs is 6. The fourth-order valence-electron chi connectivity index (χ4n) is 12.0. The molecule has 2 atom stereocenters. The first-order valence-electron chi connectivity index (χ1n) is 26.6. The van der Waals surface area contributed by atoms with Crippen molar-refractivity contribution in [3.05, 3.63) is 154 Å². The van der Waals surface area contributed by atoms with Gasteiger partial charge in [0.25, 0.3) is 0 Å². The fraction of sp³-hybridized carbons (Fsp3) is 0.367. The number of hydrogen-bond donors (Lipinski definition) is 2. The highest BCUT2D eigenvalue weighted by atomic mass is 19.2. The number of ether oxygens (including phenoxy) is 2. The van der Waals surface area contributed by atoms with Crippen LogP contribution in [0.2, 0.25) is 0 Å². The SMILES string of the molecule is Cc1nnn(C)c1-c1cnc2c3c(F)cc(C(C)(C)O)cc3n(C(c3ccc(F)cc3F)C3CCOCC3)c2c1.Cc1nnn(C)c1-c1cnc2c3c(F)cc(C(C)(C)O)cc3n(C(c3ccc(F)cc3F)C3CCOCC3)c2c1. The van der Waals surface area contributed by atoms with E-state index < -0.39 is 58.2 Å². The standard InChI is InChI=1S/2C30H30F3N5O2/c2*1-16-28(37(4)36-35-16)18-11-25-27(34-15-18)26-23(33)12-19(30(2,3)39)13-24(26)38(25)29(17-7-9-40-10-8-17)21-6-5-20(31)14-22(21)32/h2*5-6,11-15,17,29,39H,7-10H2,1-4H3. The molecule has 0 saturated carbocycles. The minimum atomic E-state index is -1.33. The van der Waals surface area contributed by atoms with Crippen molar-refractivity contribution in [1.29, 1.82) is 0 Å². The number of halogens is 6. The molecule has 14 nitrogen and oxygen atoms in total. The Bertz CT molecular complexity index is 3720. The van der Waals surface area contributed by atoms with E-state index >= 15 is 17.6 Å². The molecule has 2 fully saturated rings. The smallest absolute Gasteiger partial charge is 0.135 e. The number of rotatable bonds is 10. The summed E-state index contributed by atoms with van der Waals surface area (Å²) in [7, 11) is 3.56. The lowest BCUT2D eigenvalue weighted by Gasteiger charge is -2.33. The van der Waals surface area contributed by atoms with Crippen LogP contribution in [0.4, 0.5) is 26.3 Å². The van der Waals surface area contributed by atoms with Gasteiger partial charge in [0.1, 0.15) is 34.9 Å². The van der Waals surface area contributed by atoms with E-state index in [1.165, 1.54) is 36.4 Å². The molecule has 0 radical (unpaired) electrons. The van der Waals surface area contributed by atoms with E-state index in [-0.39, 0.29) is 22.6 Å². The van der Waals surface area contributed by atoms with Gasteiger partial charge in [-0.3, -0.25) is 9.97 Å². The fourth-order valence-corrected chi connectivity index (χ4v) is 12.0. The summed E-state index contributed by atoms with van der Waals surface area (Å²) >= 11 is 0. The molecule has 2 saturated heterocycles. The Morgan fingerprint density at radius 2 is 0.887 bits per heavy atom. The van der Waals surface area contributed by atoms with Crippen LogP contribution in [0.25, 0.3) is 66.4 Å². The van der Waals surface area contributed by atoms with Gasteiger partial charge in [-0.05, 0) is 139 Å². The molecule has 2 unspecified atom stereocenters. The van der Waals surface area contributed by atoms with Crippen molar-refractivity contribution in [2.75, 3.05) is 26.4 Å². The number of aryl methyl sites for hydroxylation is 4. The number of aromatic nitrogens is 10. The number of hydrogen-bond acceptors (Lipinski definition) is 10. The van der Waals surface area contributed by atoms with E-state index in [2.05, 4.69) is 20.6 Å². The zero-order chi connectivity index (χ0) is 56.7. The number of benzene rings is 4. The molecular formula is C60H60F6N10O4. The van der Waals surface area contributed by atoms with E-state index in [1.54, 1.807) is 75.7 Å². The quantitative estimate of drug-likeness (QED) is 0.126. The first kappa shape index (κ1) is 54.4. The molecule has 0 spiro atoms. The molecule has 20 heteroatoms. The molecule has 80 heavy (non-hydrogen) atoms. The Kier molecular flexibility index (Phi) is 14.2. The summed E-state index contributed by atoms with van der Waals surface area (Å²) in [6, 6.07) is 15.8. The van der Waals surface area contributed by atoms with Crippen LogP contribution in [0, 0.1) is 60.6 Å². The predicted molar refractivity (Wildman–Crippen MR) is 290 cm³/mol. The second kappa shape index (κ2) is 20.9. The highest BCUT2D eigenvalue weighted by Gasteiger charge is 2.36. The van der Waals surface area contributed by atoms with E-state index in [1.807, 2.05) is 35.1 Å². The Morgan fingerprint density at radius 1 is 0.512 bits per heavy atom. The van der Waals surface area contributed by atoms with Gasteiger partial charge in [-0.15, -0.1) is 10.2 Å². The highest BCUT2D eigenvalue weighted by molar-refractivity contribution is 6.08. The lowest BCUT2D eigenvalue weighted by atomic mass is 9.86. The van der Waals surface area contributed by atoms with Crippen LogP contribution in [0.3, 0.4) is 0 Å². The average Bonchev–Trinajstić information content (AvgIpc) is 4.35. The van der Waals surface area contributed by atoms with Gasteiger partial charge in [0, 0.05) is 87.3 Å². The molecule has 416 valence electrons. The topological polar surface area (TPSA) is 156 Å². The zero-order valence-electron chi connectivity index (χ0n) is 45.5. The summed E-state index contributed by atoms with van der Waals surface area (Å²) in [5.41, 5.74) is 5.94. The molecular weight excluding hydrogens is 1040 g/mol. The zero-order valence-corrected chi connectivity index (χ0v) is 45.5. The molecule has 10 aromatic rings. The van der Waals surface area contributed by atoms with Gasteiger partial charge in [-0.1, -0.05) is 22.6 Å². The molecule has 0 aliphatic carbocycles. The molecule has 2 aliphatic rings. The van der Waals surface area contributed by atoms with Crippen molar-refractivity contribution in [3.8, 4) is 22.5 Å². The van der Waals surface area contributed by atoms with Crippen LogP contribution in [-0.4, -0.2) is 85.7 Å². The second-order valence-corrected chi connectivity index (χ2v) is 22.2. The summed E-state index contributed by atoms with van der Waals surface area (Å²) in [6.45, 7) is 12.0. The first-order valence-corrected chi connectivity index (χ1v) is 26.6. The second-order valence-electron chi connectivity index (χ2n) is 22.2. The largest absolute Gasteiger partial charge is 0.386 e. The maximum atomic E-state index is 15.9. The van der Waals surface area contributed by atoms with Crippen molar-refractivity contribution in [2.45, 2.75) is 90.5 Å². The van der Waals surface area contributed by atoms with E-state index in [0.29, 0.717) is 119 Å². The van der Waals surface area contributed by atoms with Crippen molar-refractivity contribution in [2.24, 2.45) is 25.9 Å². The monoisotopic (exact) mass is 1100 g/mol. The Morgan fingerprint density at radius 3 is 1.21 bits per heavy atom. The minimum Gasteiger partial charge on any atom is -0.386 e. The molecule has 6 aromatic heterocycles. The molecule has 2 N–H and O–H groups in total. The molecule has 4 aromatic carbocycles. The minimum absolute atomic E-state index is 0.0925. The van der Waals surface area contributed by atoms with Crippen molar-refractivity contribution >= 4 is 43.9 Å².